The third-order valence-corrected chi connectivity index (χ3v) is 3.21. The number of imidazole rings is 1. The molecule has 0 saturated carbocycles. The molecule has 0 saturated heterocycles. The number of alkyl halides is 2. The smallest absolute Gasteiger partial charge is 0.256 e. The van der Waals surface area contributed by atoms with E-state index in [9.17, 15) is 13.2 Å². The number of hydrogen-bond donors (Lipinski definition) is 1. The van der Waals surface area contributed by atoms with Crippen LogP contribution in [0.2, 0.25) is 0 Å². The first-order valence-corrected chi connectivity index (χ1v) is 6.72. The molecule has 118 valence electrons. The van der Waals surface area contributed by atoms with Gasteiger partial charge in [-0.25, -0.2) is 28.1 Å². The average Bonchev–Trinajstić information content (AvgIpc) is 2.91. The molecule has 0 unspecified atom stereocenters. The second-order valence-electron chi connectivity index (χ2n) is 4.79. The molecule has 0 atom stereocenters. The molecule has 2 N–H and O–H groups in total. The van der Waals surface area contributed by atoms with E-state index >= 15 is 0 Å². The maximum atomic E-state index is 13.1. The lowest BCUT2D eigenvalue weighted by molar-refractivity contribution is 0.127. The van der Waals surface area contributed by atoms with E-state index in [0.29, 0.717) is 22.6 Å². The second-order valence-corrected chi connectivity index (χ2v) is 4.79. The van der Waals surface area contributed by atoms with Crippen molar-refractivity contribution in [3.05, 3.63) is 48.7 Å². The van der Waals surface area contributed by atoms with Gasteiger partial charge in [0, 0.05) is 11.8 Å². The summed E-state index contributed by atoms with van der Waals surface area (Å²) < 4.78 is 40.0. The minimum Gasteiger partial charge on any atom is -0.368 e. The normalized spacial score (nSPS) is 11.1. The molecule has 0 aliphatic rings. The first-order chi connectivity index (χ1) is 11.0. The van der Waals surface area contributed by atoms with Gasteiger partial charge in [-0.2, -0.15) is 0 Å². The summed E-state index contributed by atoms with van der Waals surface area (Å²) in [4.78, 5) is 12.0. The van der Waals surface area contributed by atoms with E-state index in [0.717, 1.165) is 0 Å². The molecule has 0 spiro atoms. The van der Waals surface area contributed by atoms with Crippen molar-refractivity contribution in [2.24, 2.45) is 0 Å². The highest BCUT2D eigenvalue weighted by Gasteiger charge is 2.18. The lowest BCUT2D eigenvalue weighted by atomic mass is 10.1. The number of nitrogen functional groups attached to an aromatic ring is 1. The van der Waals surface area contributed by atoms with Crippen LogP contribution in [0.15, 0.2) is 42.9 Å². The Morgan fingerprint density at radius 3 is 2.48 bits per heavy atom. The van der Waals surface area contributed by atoms with Gasteiger partial charge in [-0.3, -0.25) is 0 Å². The highest BCUT2D eigenvalue weighted by Crippen LogP contribution is 2.30. The van der Waals surface area contributed by atoms with E-state index in [1.807, 2.05) is 0 Å². The van der Waals surface area contributed by atoms with Crippen LogP contribution in [-0.4, -0.2) is 25.9 Å². The standard InChI is InChI=1S/C15H12F3N5/c16-10-3-1-9(2-4-10)13-14(11-5-6-20-15(19)22-11)23(8-21-13)7-12(17)18/h1-6,8,12H,7H2,(H2,19,20,22). The van der Waals surface area contributed by atoms with Crippen LogP contribution in [0.4, 0.5) is 19.1 Å². The lowest BCUT2D eigenvalue weighted by Gasteiger charge is -2.09. The van der Waals surface area contributed by atoms with Crippen LogP contribution in [0.3, 0.4) is 0 Å². The minimum absolute atomic E-state index is 0.0253. The monoisotopic (exact) mass is 319 g/mol. The summed E-state index contributed by atoms with van der Waals surface area (Å²) in [7, 11) is 0. The summed E-state index contributed by atoms with van der Waals surface area (Å²) in [6.07, 6.45) is 0.188. The summed E-state index contributed by atoms with van der Waals surface area (Å²) in [6, 6.07) is 7.17. The van der Waals surface area contributed by atoms with Gasteiger partial charge in [0.2, 0.25) is 5.95 Å². The van der Waals surface area contributed by atoms with Crippen molar-refractivity contribution in [3.8, 4) is 22.6 Å². The van der Waals surface area contributed by atoms with E-state index in [2.05, 4.69) is 15.0 Å². The first kappa shape index (κ1) is 15.0. The fourth-order valence-corrected chi connectivity index (χ4v) is 2.26. The molecule has 0 amide bonds. The van der Waals surface area contributed by atoms with Crippen LogP contribution < -0.4 is 5.73 Å². The predicted octanol–water partition coefficient (Wildman–Crippen LogP) is 2.99. The number of anilines is 1. The van der Waals surface area contributed by atoms with Gasteiger partial charge in [0.05, 0.1) is 30.0 Å². The summed E-state index contributed by atoms with van der Waals surface area (Å²) in [5, 5.41) is 0. The van der Waals surface area contributed by atoms with Gasteiger partial charge in [-0.1, -0.05) is 0 Å². The Morgan fingerprint density at radius 2 is 1.83 bits per heavy atom. The Hall–Kier alpha value is -2.90. The van der Waals surface area contributed by atoms with Gasteiger partial charge in [0.1, 0.15) is 5.82 Å². The van der Waals surface area contributed by atoms with Gasteiger partial charge in [-0.15, -0.1) is 0 Å². The van der Waals surface area contributed by atoms with Crippen LogP contribution in [0.1, 0.15) is 0 Å². The third kappa shape index (κ3) is 3.15. The van der Waals surface area contributed by atoms with Crippen LogP contribution in [-0.2, 0) is 6.54 Å². The molecular weight excluding hydrogens is 307 g/mol. The van der Waals surface area contributed by atoms with Crippen LogP contribution in [0.5, 0.6) is 0 Å². The number of rotatable bonds is 4. The number of halogens is 3. The molecular formula is C15H12F3N5. The van der Waals surface area contributed by atoms with Crippen molar-refractivity contribution in [2.75, 3.05) is 5.73 Å². The summed E-state index contributed by atoms with van der Waals surface area (Å²) in [6.45, 7) is -0.534. The molecule has 1 aromatic carbocycles. The minimum atomic E-state index is -2.55. The molecule has 0 aliphatic carbocycles. The van der Waals surface area contributed by atoms with Gasteiger partial charge in [0.25, 0.3) is 6.43 Å². The molecule has 23 heavy (non-hydrogen) atoms. The van der Waals surface area contributed by atoms with Crippen molar-refractivity contribution in [1.29, 1.82) is 0 Å². The Labute approximate surface area is 129 Å². The molecule has 3 rings (SSSR count). The third-order valence-electron chi connectivity index (χ3n) is 3.21. The fourth-order valence-electron chi connectivity index (χ4n) is 2.26. The summed E-state index contributed by atoms with van der Waals surface area (Å²) in [5.74, 6) is -0.369. The maximum Gasteiger partial charge on any atom is 0.256 e. The van der Waals surface area contributed by atoms with Crippen molar-refractivity contribution in [3.63, 3.8) is 0 Å². The molecule has 3 aromatic rings. The van der Waals surface area contributed by atoms with E-state index in [-0.39, 0.29) is 5.95 Å². The molecule has 0 radical (unpaired) electrons. The number of hydrogen-bond acceptors (Lipinski definition) is 4. The fraction of sp³-hybridized carbons (Fsp3) is 0.133. The molecule has 5 nitrogen and oxygen atoms in total. The summed E-state index contributed by atoms with van der Waals surface area (Å²) >= 11 is 0. The average molecular weight is 319 g/mol. The Bertz CT molecular complexity index is 814. The largest absolute Gasteiger partial charge is 0.368 e. The highest BCUT2D eigenvalue weighted by atomic mass is 19.3. The maximum absolute atomic E-state index is 13.1. The zero-order valence-corrected chi connectivity index (χ0v) is 11.8. The zero-order valence-electron chi connectivity index (χ0n) is 11.8. The van der Waals surface area contributed by atoms with Gasteiger partial charge in [0.15, 0.2) is 0 Å². The van der Waals surface area contributed by atoms with Crippen LogP contribution in [0.25, 0.3) is 22.6 Å². The first-order valence-electron chi connectivity index (χ1n) is 6.72. The summed E-state index contributed by atoms with van der Waals surface area (Å²) in [5.41, 5.74) is 7.34. The molecule has 0 fully saturated rings. The number of benzene rings is 1. The number of aromatic nitrogens is 4. The van der Waals surface area contributed by atoms with Gasteiger partial charge < -0.3 is 10.3 Å². The van der Waals surface area contributed by atoms with E-state index in [4.69, 9.17) is 5.73 Å². The molecule has 0 bridgehead atoms. The molecule has 0 aliphatic heterocycles. The second kappa shape index (κ2) is 6.07. The number of nitrogens with zero attached hydrogens (tertiary/aromatic N) is 4. The lowest BCUT2D eigenvalue weighted by Crippen LogP contribution is -2.08. The zero-order chi connectivity index (χ0) is 16.4. The Kier molecular flexibility index (Phi) is 3.96. The van der Waals surface area contributed by atoms with Crippen molar-refractivity contribution in [1.82, 2.24) is 19.5 Å². The van der Waals surface area contributed by atoms with Crippen molar-refractivity contribution < 1.29 is 13.2 Å². The predicted molar refractivity (Wildman–Crippen MR) is 79.1 cm³/mol. The quantitative estimate of drug-likeness (QED) is 0.802. The van der Waals surface area contributed by atoms with E-state index < -0.39 is 18.8 Å². The molecule has 8 heteroatoms. The van der Waals surface area contributed by atoms with Crippen molar-refractivity contribution in [2.45, 2.75) is 13.0 Å². The Balaban J connectivity index is 2.16. The van der Waals surface area contributed by atoms with Gasteiger partial charge in [-0.05, 0) is 30.3 Å². The SMILES string of the molecule is Nc1nccc(-c2c(-c3ccc(F)cc3)ncn2CC(F)F)n1. The van der Waals surface area contributed by atoms with Crippen LogP contribution >= 0.6 is 0 Å². The molecule has 2 aromatic heterocycles. The number of nitrogens with two attached hydrogens (primary N) is 1. The van der Waals surface area contributed by atoms with E-state index in [1.54, 1.807) is 6.07 Å². The van der Waals surface area contributed by atoms with Crippen LogP contribution in [0, 0.1) is 5.82 Å². The van der Waals surface area contributed by atoms with Crippen molar-refractivity contribution >= 4 is 5.95 Å². The highest BCUT2D eigenvalue weighted by molar-refractivity contribution is 5.77. The van der Waals surface area contributed by atoms with Gasteiger partial charge >= 0.3 is 0 Å². The topological polar surface area (TPSA) is 69.6 Å². The Morgan fingerprint density at radius 1 is 1.09 bits per heavy atom. The van der Waals surface area contributed by atoms with E-state index in [1.165, 1.54) is 41.4 Å². The molecule has 2 heterocycles.